The number of aliphatic hydroxyl groups is 1. The number of aliphatic hydroxyl groups excluding tert-OH is 1. The van der Waals surface area contributed by atoms with E-state index in [2.05, 4.69) is 10.1 Å². The van der Waals surface area contributed by atoms with Gasteiger partial charge in [-0.2, -0.15) is 0 Å². The lowest BCUT2D eigenvalue weighted by Gasteiger charge is -2.11. The number of hydrogen-bond acceptors (Lipinski definition) is 4. The first-order valence-corrected chi connectivity index (χ1v) is 6.36. The van der Waals surface area contributed by atoms with Crippen molar-refractivity contribution in [1.82, 2.24) is 5.32 Å². The van der Waals surface area contributed by atoms with Crippen molar-refractivity contribution in [3.05, 3.63) is 39.9 Å². The topological polar surface area (TPSA) is 75.6 Å². The summed E-state index contributed by atoms with van der Waals surface area (Å²) < 4.78 is 4.43. The average Bonchev–Trinajstić information content (AvgIpc) is 2.45. The van der Waals surface area contributed by atoms with Crippen LogP contribution >= 0.6 is 23.2 Å². The summed E-state index contributed by atoms with van der Waals surface area (Å²) in [5.41, 5.74) is 0.674. The van der Waals surface area contributed by atoms with Gasteiger partial charge in [0.2, 0.25) is 5.91 Å². The van der Waals surface area contributed by atoms with Gasteiger partial charge in [0.25, 0.3) is 0 Å². The van der Waals surface area contributed by atoms with Crippen LogP contribution in [0.2, 0.25) is 10.0 Å². The lowest BCUT2D eigenvalue weighted by molar-refractivity contribution is -0.145. The van der Waals surface area contributed by atoms with Crippen molar-refractivity contribution < 1.29 is 19.4 Å². The Morgan fingerprint density at radius 2 is 2.10 bits per heavy atom. The van der Waals surface area contributed by atoms with E-state index in [9.17, 15) is 9.59 Å². The Hall–Kier alpha value is -1.56. The lowest BCUT2D eigenvalue weighted by atomic mass is 10.2. The number of carbonyl (C=O) groups is 2. The minimum Gasteiger partial charge on any atom is -0.467 e. The molecule has 7 heteroatoms. The molecule has 0 aliphatic carbocycles. The molecule has 2 N–H and O–H groups in total. The molecule has 1 aromatic carbocycles. The van der Waals surface area contributed by atoms with E-state index in [0.717, 1.165) is 0 Å². The van der Waals surface area contributed by atoms with Gasteiger partial charge >= 0.3 is 5.97 Å². The number of ether oxygens (including phenoxy) is 1. The molecule has 1 aromatic rings. The summed E-state index contributed by atoms with van der Waals surface area (Å²) in [6.07, 6.45) is 2.72. The summed E-state index contributed by atoms with van der Waals surface area (Å²) >= 11 is 11.6. The Kier molecular flexibility index (Phi) is 6.51. The van der Waals surface area contributed by atoms with Gasteiger partial charge in [-0.15, -0.1) is 0 Å². The second kappa shape index (κ2) is 7.89. The molecule has 1 rings (SSSR count). The number of nitrogens with one attached hydrogen (secondary N) is 1. The number of rotatable bonds is 5. The van der Waals surface area contributed by atoms with Crippen molar-refractivity contribution in [2.45, 2.75) is 6.04 Å². The standard InChI is InChI=1S/C13H13Cl2NO4/c1-20-13(19)11(7-17)16-12(18)5-3-8-2-4-9(14)10(15)6-8/h2-6,11,17H,7H2,1H3,(H,16,18)/b5-3+. The van der Waals surface area contributed by atoms with Crippen LogP contribution < -0.4 is 5.32 Å². The fourth-order valence-electron chi connectivity index (χ4n) is 1.33. The minimum atomic E-state index is -1.09. The highest BCUT2D eigenvalue weighted by Crippen LogP contribution is 2.22. The summed E-state index contributed by atoms with van der Waals surface area (Å²) in [6.45, 7) is -0.543. The van der Waals surface area contributed by atoms with Crippen LogP contribution in [-0.2, 0) is 14.3 Å². The van der Waals surface area contributed by atoms with Gasteiger partial charge in [-0.25, -0.2) is 4.79 Å². The average molecular weight is 318 g/mol. The van der Waals surface area contributed by atoms with Crippen molar-refractivity contribution in [3.63, 3.8) is 0 Å². The second-order valence-electron chi connectivity index (χ2n) is 3.77. The van der Waals surface area contributed by atoms with Crippen LogP contribution in [0.5, 0.6) is 0 Å². The van der Waals surface area contributed by atoms with Crippen molar-refractivity contribution in [2.75, 3.05) is 13.7 Å². The Morgan fingerprint density at radius 1 is 1.40 bits per heavy atom. The van der Waals surface area contributed by atoms with Gasteiger partial charge in [-0.05, 0) is 23.8 Å². The summed E-state index contributed by atoms with van der Waals surface area (Å²) in [7, 11) is 1.17. The van der Waals surface area contributed by atoms with Crippen molar-refractivity contribution in [2.24, 2.45) is 0 Å². The summed E-state index contributed by atoms with van der Waals surface area (Å²) in [5.74, 6) is -1.26. The summed E-state index contributed by atoms with van der Waals surface area (Å²) in [6, 6.07) is 3.79. The zero-order valence-electron chi connectivity index (χ0n) is 10.6. The zero-order chi connectivity index (χ0) is 15.1. The van der Waals surface area contributed by atoms with E-state index in [0.29, 0.717) is 15.6 Å². The predicted molar refractivity (Wildman–Crippen MR) is 76.5 cm³/mol. The van der Waals surface area contributed by atoms with Gasteiger partial charge in [0.05, 0.1) is 23.8 Å². The van der Waals surface area contributed by atoms with Gasteiger partial charge in [0, 0.05) is 6.08 Å². The quantitative estimate of drug-likeness (QED) is 0.639. The Morgan fingerprint density at radius 3 is 2.65 bits per heavy atom. The largest absolute Gasteiger partial charge is 0.467 e. The van der Waals surface area contributed by atoms with Gasteiger partial charge in [0.15, 0.2) is 6.04 Å². The third kappa shape index (κ3) is 4.85. The number of hydrogen-bond donors (Lipinski definition) is 2. The van der Waals surface area contributed by atoms with Crippen molar-refractivity contribution in [1.29, 1.82) is 0 Å². The number of methoxy groups -OCH3 is 1. The molecule has 1 atom stereocenters. The molecule has 1 amide bonds. The third-order valence-electron chi connectivity index (χ3n) is 2.36. The van der Waals surface area contributed by atoms with E-state index in [-0.39, 0.29) is 0 Å². The molecule has 0 fully saturated rings. The fourth-order valence-corrected chi connectivity index (χ4v) is 1.64. The maximum atomic E-state index is 11.6. The molecular formula is C13H13Cl2NO4. The molecule has 0 radical (unpaired) electrons. The van der Waals surface area contributed by atoms with Crippen LogP contribution in [0.3, 0.4) is 0 Å². The maximum Gasteiger partial charge on any atom is 0.330 e. The van der Waals surface area contributed by atoms with Gasteiger partial charge < -0.3 is 15.2 Å². The molecule has 0 heterocycles. The number of halogens is 2. The first kappa shape index (κ1) is 16.5. The molecule has 5 nitrogen and oxygen atoms in total. The minimum absolute atomic E-state index is 0.372. The Balaban J connectivity index is 2.67. The highest BCUT2D eigenvalue weighted by molar-refractivity contribution is 6.42. The Bertz CT molecular complexity index is 531. The molecule has 0 bridgehead atoms. The third-order valence-corrected chi connectivity index (χ3v) is 3.09. The van der Waals surface area contributed by atoms with E-state index in [4.69, 9.17) is 28.3 Å². The highest BCUT2D eigenvalue weighted by Gasteiger charge is 2.18. The van der Waals surface area contributed by atoms with Crippen LogP contribution in [-0.4, -0.2) is 36.7 Å². The van der Waals surface area contributed by atoms with Gasteiger partial charge in [-0.3, -0.25) is 4.79 Å². The van der Waals surface area contributed by atoms with E-state index in [1.165, 1.54) is 19.3 Å². The molecular weight excluding hydrogens is 305 g/mol. The molecule has 0 saturated carbocycles. The number of benzene rings is 1. The SMILES string of the molecule is COC(=O)C(CO)NC(=O)/C=C/c1ccc(Cl)c(Cl)c1. The molecule has 0 spiro atoms. The predicted octanol–water partition coefficient (Wildman–Crippen LogP) is 1.66. The first-order valence-electron chi connectivity index (χ1n) is 5.60. The zero-order valence-corrected chi connectivity index (χ0v) is 12.1. The first-order chi connectivity index (χ1) is 9.47. The smallest absolute Gasteiger partial charge is 0.330 e. The van der Waals surface area contributed by atoms with Crippen LogP contribution in [0, 0.1) is 0 Å². The van der Waals surface area contributed by atoms with Crippen molar-refractivity contribution >= 4 is 41.2 Å². The van der Waals surface area contributed by atoms with E-state index < -0.39 is 24.5 Å². The summed E-state index contributed by atoms with van der Waals surface area (Å²) in [4.78, 5) is 22.8. The summed E-state index contributed by atoms with van der Waals surface area (Å²) in [5, 5.41) is 12.0. The maximum absolute atomic E-state index is 11.6. The number of carbonyl (C=O) groups excluding carboxylic acids is 2. The molecule has 20 heavy (non-hydrogen) atoms. The van der Waals surface area contributed by atoms with Crippen LogP contribution in [0.4, 0.5) is 0 Å². The van der Waals surface area contributed by atoms with Gasteiger partial charge in [-0.1, -0.05) is 29.3 Å². The molecule has 1 unspecified atom stereocenters. The lowest BCUT2D eigenvalue weighted by Crippen LogP contribution is -2.43. The molecule has 0 aliphatic rings. The van der Waals surface area contributed by atoms with Crippen LogP contribution in [0.25, 0.3) is 6.08 Å². The van der Waals surface area contributed by atoms with Crippen LogP contribution in [0.15, 0.2) is 24.3 Å². The Labute approximate surface area is 126 Å². The van der Waals surface area contributed by atoms with Crippen LogP contribution in [0.1, 0.15) is 5.56 Å². The number of esters is 1. The number of amides is 1. The second-order valence-corrected chi connectivity index (χ2v) is 4.59. The van der Waals surface area contributed by atoms with Crippen molar-refractivity contribution in [3.8, 4) is 0 Å². The monoisotopic (exact) mass is 317 g/mol. The highest BCUT2D eigenvalue weighted by atomic mass is 35.5. The van der Waals surface area contributed by atoms with Gasteiger partial charge in [0.1, 0.15) is 0 Å². The molecule has 0 aromatic heterocycles. The molecule has 0 saturated heterocycles. The van der Waals surface area contributed by atoms with E-state index in [1.54, 1.807) is 18.2 Å². The van der Waals surface area contributed by atoms with E-state index >= 15 is 0 Å². The molecule has 0 aliphatic heterocycles. The molecule has 108 valence electrons. The fraction of sp³-hybridized carbons (Fsp3) is 0.231. The van der Waals surface area contributed by atoms with E-state index in [1.807, 2.05) is 0 Å². The normalized spacial score (nSPS) is 12.2.